The molecule has 0 amide bonds. The zero-order valence-corrected chi connectivity index (χ0v) is 11.0. The second-order valence-corrected chi connectivity index (χ2v) is 4.41. The summed E-state index contributed by atoms with van der Waals surface area (Å²) in [5.74, 6) is -0.889. The van der Waals surface area contributed by atoms with Crippen molar-refractivity contribution in [2.24, 2.45) is 0 Å². The highest BCUT2D eigenvalue weighted by Crippen LogP contribution is 2.09. The lowest BCUT2D eigenvalue weighted by molar-refractivity contribution is 0.0697. The summed E-state index contributed by atoms with van der Waals surface area (Å²) in [6, 6.07) is 11.1. The zero-order chi connectivity index (χ0) is 13.7. The highest BCUT2D eigenvalue weighted by Gasteiger charge is 2.04. The van der Waals surface area contributed by atoms with Gasteiger partial charge >= 0.3 is 5.97 Å². The smallest absolute Gasteiger partial charge is 0.335 e. The van der Waals surface area contributed by atoms with Crippen LogP contribution in [0.2, 0.25) is 0 Å². The molecule has 0 aliphatic carbocycles. The molecule has 0 aliphatic heterocycles. The molecule has 4 nitrogen and oxygen atoms in total. The summed E-state index contributed by atoms with van der Waals surface area (Å²) < 4.78 is 2.17. The number of aromatic nitrogens is 1. The Morgan fingerprint density at radius 2 is 2.00 bits per heavy atom. The summed E-state index contributed by atoms with van der Waals surface area (Å²) in [6.07, 6.45) is 2.04. The molecule has 1 aromatic heterocycles. The summed E-state index contributed by atoms with van der Waals surface area (Å²) in [5.41, 5.74) is 2.65. The van der Waals surface area contributed by atoms with E-state index in [0.717, 1.165) is 25.2 Å². The first kappa shape index (κ1) is 13.4. The third-order valence-corrected chi connectivity index (χ3v) is 3.03. The number of rotatable bonds is 6. The van der Waals surface area contributed by atoms with E-state index in [0.29, 0.717) is 5.56 Å². The average molecular weight is 258 g/mol. The molecule has 0 spiro atoms. The molecule has 4 heteroatoms. The molecule has 0 atom stereocenters. The van der Waals surface area contributed by atoms with Gasteiger partial charge in [0.1, 0.15) is 0 Å². The maximum Gasteiger partial charge on any atom is 0.335 e. The van der Waals surface area contributed by atoms with Crippen molar-refractivity contribution in [1.82, 2.24) is 9.88 Å². The Labute approximate surface area is 112 Å². The number of carbonyl (C=O) groups is 1. The predicted molar refractivity (Wildman–Crippen MR) is 74.3 cm³/mol. The van der Waals surface area contributed by atoms with Gasteiger partial charge in [-0.3, -0.25) is 0 Å². The Hall–Kier alpha value is -2.07. The Kier molecular flexibility index (Phi) is 4.36. The minimum Gasteiger partial charge on any atom is -0.478 e. The van der Waals surface area contributed by atoms with E-state index in [-0.39, 0.29) is 0 Å². The van der Waals surface area contributed by atoms with Crippen molar-refractivity contribution in [2.45, 2.75) is 20.0 Å². The van der Waals surface area contributed by atoms with Crippen molar-refractivity contribution >= 4 is 5.97 Å². The predicted octanol–water partition coefficient (Wildman–Crippen LogP) is 2.34. The molecule has 0 bridgehead atoms. The fourth-order valence-electron chi connectivity index (χ4n) is 1.97. The zero-order valence-electron chi connectivity index (χ0n) is 11.0. The van der Waals surface area contributed by atoms with Crippen LogP contribution in [0, 0.1) is 0 Å². The molecule has 0 saturated heterocycles. The van der Waals surface area contributed by atoms with Crippen LogP contribution in [0.1, 0.15) is 28.5 Å². The molecule has 1 aromatic carbocycles. The maximum absolute atomic E-state index is 10.8. The van der Waals surface area contributed by atoms with Gasteiger partial charge in [-0.15, -0.1) is 0 Å². The van der Waals surface area contributed by atoms with Crippen LogP contribution in [0.25, 0.3) is 0 Å². The van der Waals surface area contributed by atoms with Crippen molar-refractivity contribution in [3.8, 4) is 0 Å². The Balaban J connectivity index is 2.08. The van der Waals surface area contributed by atoms with E-state index in [1.165, 1.54) is 5.69 Å². The molecule has 2 N–H and O–H groups in total. The Morgan fingerprint density at radius 1 is 1.26 bits per heavy atom. The van der Waals surface area contributed by atoms with E-state index in [9.17, 15) is 4.79 Å². The van der Waals surface area contributed by atoms with Crippen LogP contribution in [0.5, 0.6) is 0 Å². The standard InChI is InChI=1S/C15H18N2O2/c1-2-16-10-14-4-3-9-17(14)11-12-5-7-13(8-6-12)15(18)19/h3-9,16H,2,10-11H2,1H3,(H,18,19). The van der Waals surface area contributed by atoms with E-state index in [1.54, 1.807) is 12.1 Å². The molecule has 100 valence electrons. The number of benzene rings is 1. The lowest BCUT2D eigenvalue weighted by Gasteiger charge is -2.10. The first-order chi connectivity index (χ1) is 9.20. The van der Waals surface area contributed by atoms with Gasteiger partial charge < -0.3 is 15.0 Å². The monoisotopic (exact) mass is 258 g/mol. The summed E-state index contributed by atoms with van der Waals surface area (Å²) in [4.78, 5) is 10.8. The van der Waals surface area contributed by atoms with Crippen LogP contribution < -0.4 is 5.32 Å². The molecular formula is C15H18N2O2. The molecule has 2 aromatic rings. The van der Waals surface area contributed by atoms with Crippen molar-refractivity contribution in [1.29, 1.82) is 0 Å². The second-order valence-electron chi connectivity index (χ2n) is 4.41. The van der Waals surface area contributed by atoms with Gasteiger partial charge in [-0.1, -0.05) is 19.1 Å². The molecule has 0 unspecified atom stereocenters. The fraction of sp³-hybridized carbons (Fsp3) is 0.267. The lowest BCUT2D eigenvalue weighted by atomic mass is 10.1. The molecule has 0 saturated carbocycles. The fourth-order valence-corrected chi connectivity index (χ4v) is 1.97. The van der Waals surface area contributed by atoms with Crippen molar-refractivity contribution in [3.63, 3.8) is 0 Å². The van der Waals surface area contributed by atoms with Crippen LogP contribution in [0.3, 0.4) is 0 Å². The van der Waals surface area contributed by atoms with Crippen molar-refractivity contribution in [2.75, 3.05) is 6.54 Å². The van der Waals surface area contributed by atoms with Crippen LogP contribution in [0.15, 0.2) is 42.6 Å². The largest absolute Gasteiger partial charge is 0.478 e. The Bertz CT molecular complexity index is 544. The molecular weight excluding hydrogens is 240 g/mol. The van der Waals surface area contributed by atoms with Gasteiger partial charge in [-0.25, -0.2) is 4.79 Å². The summed E-state index contributed by atoms with van der Waals surface area (Å²) in [7, 11) is 0. The van der Waals surface area contributed by atoms with Gasteiger partial charge in [-0.2, -0.15) is 0 Å². The minimum absolute atomic E-state index is 0.323. The number of nitrogens with one attached hydrogen (secondary N) is 1. The SMILES string of the molecule is CCNCc1cccn1Cc1ccc(C(=O)O)cc1. The number of carboxylic acids is 1. The van der Waals surface area contributed by atoms with Gasteiger partial charge in [0.2, 0.25) is 0 Å². The van der Waals surface area contributed by atoms with Gasteiger partial charge in [0.15, 0.2) is 0 Å². The number of hydrogen-bond donors (Lipinski definition) is 2. The number of hydrogen-bond acceptors (Lipinski definition) is 2. The molecule has 0 radical (unpaired) electrons. The van der Waals surface area contributed by atoms with Gasteiger partial charge in [-0.05, 0) is 36.4 Å². The molecule has 19 heavy (non-hydrogen) atoms. The maximum atomic E-state index is 10.8. The van der Waals surface area contributed by atoms with E-state index in [1.807, 2.05) is 24.4 Å². The third-order valence-electron chi connectivity index (χ3n) is 3.03. The highest BCUT2D eigenvalue weighted by molar-refractivity contribution is 5.87. The van der Waals surface area contributed by atoms with Gasteiger partial charge in [0.05, 0.1) is 5.56 Å². The van der Waals surface area contributed by atoms with Crippen molar-refractivity contribution in [3.05, 3.63) is 59.4 Å². The molecule has 0 aliphatic rings. The van der Waals surface area contributed by atoms with Crippen LogP contribution in [-0.4, -0.2) is 22.2 Å². The lowest BCUT2D eigenvalue weighted by Crippen LogP contribution is -2.15. The van der Waals surface area contributed by atoms with Crippen molar-refractivity contribution < 1.29 is 9.90 Å². The summed E-state index contributed by atoms with van der Waals surface area (Å²) in [5, 5.41) is 12.2. The highest BCUT2D eigenvalue weighted by atomic mass is 16.4. The first-order valence-electron chi connectivity index (χ1n) is 6.37. The van der Waals surface area contributed by atoms with Crippen LogP contribution in [0.4, 0.5) is 0 Å². The number of nitrogens with zero attached hydrogens (tertiary/aromatic N) is 1. The summed E-state index contributed by atoms with van der Waals surface area (Å²) >= 11 is 0. The van der Waals surface area contributed by atoms with Gasteiger partial charge in [0, 0.05) is 25.0 Å². The van der Waals surface area contributed by atoms with Crippen LogP contribution in [-0.2, 0) is 13.1 Å². The Morgan fingerprint density at radius 3 is 2.63 bits per heavy atom. The van der Waals surface area contributed by atoms with Gasteiger partial charge in [0.25, 0.3) is 0 Å². The molecule has 2 rings (SSSR count). The molecule has 0 fully saturated rings. The van der Waals surface area contributed by atoms with E-state index in [4.69, 9.17) is 5.11 Å². The summed E-state index contributed by atoms with van der Waals surface area (Å²) in [6.45, 7) is 4.63. The number of aromatic carboxylic acids is 1. The quantitative estimate of drug-likeness (QED) is 0.836. The first-order valence-corrected chi connectivity index (χ1v) is 6.37. The molecule has 1 heterocycles. The number of carboxylic acid groups (broad SMARTS) is 1. The van der Waals surface area contributed by atoms with E-state index >= 15 is 0 Å². The third kappa shape index (κ3) is 3.45. The topological polar surface area (TPSA) is 54.3 Å². The average Bonchev–Trinajstić information content (AvgIpc) is 2.84. The van der Waals surface area contributed by atoms with Crippen LogP contribution >= 0.6 is 0 Å². The minimum atomic E-state index is -0.889. The van der Waals surface area contributed by atoms with E-state index < -0.39 is 5.97 Å². The second kappa shape index (κ2) is 6.20. The normalized spacial score (nSPS) is 10.6. The van der Waals surface area contributed by atoms with E-state index in [2.05, 4.69) is 22.9 Å².